The van der Waals surface area contributed by atoms with E-state index in [0.29, 0.717) is 5.92 Å². The van der Waals surface area contributed by atoms with Gasteiger partial charge < -0.3 is 4.90 Å². The molecule has 0 aromatic heterocycles. The van der Waals surface area contributed by atoms with Crippen molar-refractivity contribution in [2.45, 2.75) is 25.3 Å². The number of likely N-dealkylation sites (tertiary alicyclic amines) is 1. The van der Waals surface area contributed by atoms with Crippen molar-refractivity contribution in [3.05, 3.63) is 29.3 Å². The van der Waals surface area contributed by atoms with E-state index in [4.69, 9.17) is 0 Å². The molecule has 1 saturated heterocycles. The molecule has 19 heavy (non-hydrogen) atoms. The minimum atomic E-state index is -3.20. The topological polar surface area (TPSA) is 40.6 Å². The van der Waals surface area contributed by atoms with Gasteiger partial charge in [0.05, 0.1) is 18.0 Å². The fourth-order valence-electron chi connectivity index (χ4n) is 3.46. The Bertz CT molecular complexity index is 612. The maximum Gasteiger partial charge on any atom is 0.232 e. The molecule has 0 amide bonds. The van der Waals surface area contributed by atoms with Crippen LogP contribution in [-0.4, -0.2) is 45.8 Å². The van der Waals surface area contributed by atoms with E-state index in [1.807, 2.05) is 12.1 Å². The molecule has 0 radical (unpaired) electrons. The summed E-state index contributed by atoms with van der Waals surface area (Å²) in [6, 6.07) is 6.21. The number of rotatable bonds is 1. The Hall–Kier alpha value is -1.07. The van der Waals surface area contributed by atoms with Gasteiger partial charge in [0.2, 0.25) is 10.0 Å². The first-order valence-electron chi connectivity index (χ1n) is 6.66. The number of piperidine rings is 1. The molecule has 2 atom stereocenters. The van der Waals surface area contributed by atoms with Crippen LogP contribution in [0.25, 0.3) is 0 Å². The molecule has 2 aliphatic rings. The van der Waals surface area contributed by atoms with Crippen LogP contribution in [0, 0.1) is 6.92 Å². The number of benzene rings is 1. The maximum atomic E-state index is 12.1. The van der Waals surface area contributed by atoms with E-state index in [1.165, 1.54) is 17.4 Å². The number of likely N-dealkylation sites (N-methyl/N-ethyl adjacent to an activating group) is 1. The Labute approximate surface area is 115 Å². The number of sulfonamides is 1. The van der Waals surface area contributed by atoms with Gasteiger partial charge in [-0.25, -0.2) is 8.42 Å². The van der Waals surface area contributed by atoms with Gasteiger partial charge in [0.25, 0.3) is 0 Å². The number of anilines is 1. The van der Waals surface area contributed by atoms with Crippen molar-refractivity contribution in [2.24, 2.45) is 0 Å². The molecule has 5 heteroatoms. The normalized spacial score (nSPS) is 27.2. The van der Waals surface area contributed by atoms with Crippen LogP contribution in [0.5, 0.6) is 0 Å². The van der Waals surface area contributed by atoms with E-state index in [9.17, 15) is 8.42 Å². The predicted octanol–water partition coefficient (Wildman–Crippen LogP) is 1.56. The highest BCUT2D eigenvalue weighted by Gasteiger charge is 2.44. The highest BCUT2D eigenvalue weighted by atomic mass is 32.2. The smallest absolute Gasteiger partial charge is 0.232 e. The molecule has 0 unspecified atom stereocenters. The zero-order chi connectivity index (χ0) is 13.8. The number of nitrogens with zero attached hydrogens (tertiary/aromatic N) is 2. The molecule has 2 aliphatic heterocycles. The van der Waals surface area contributed by atoms with Crippen LogP contribution in [0.4, 0.5) is 5.69 Å². The fraction of sp³-hybridized carbons (Fsp3) is 0.571. The first-order chi connectivity index (χ1) is 8.88. The molecule has 3 rings (SSSR count). The molecule has 1 aromatic rings. The van der Waals surface area contributed by atoms with Crippen molar-refractivity contribution in [3.63, 3.8) is 0 Å². The van der Waals surface area contributed by atoms with Crippen LogP contribution in [0.1, 0.15) is 23.5 Å². The van der Waals surface area contributed by atoms with Crippen molar-refractivity contribution < 1.29 is 8.42 Å². The van der Waals surface area contributed by atoms with Crippen LogP contribution in [0.2, 0.25) is 0 Å². The lowest BCUT2D eigenvalue weighted by atomic mass is 9.89. The molecule has 0 aliphatic carbocycles. The Morgan fingerprint density at radius 2 is 2.05 bits per heavy atom. The Morgan fingerprint density at radius 3 is 2.74 bits per heavy atom. The number of fused-ring (bicyclic) bond motifs is 3. The van der Waals surface area contributed by atoms with Crippen molar-refractivity contribution in [1.29, 1.82) is 0 Å². The summed E-state index contributed by atoms with van der Waals surface area (Å²) in [6.45, 7) is 3.96. The number of aryl methyl sites for hydroxylation is 1. The minimum absolute atomic E-state index is 0.1000. The third kappa shape index (κ3) is 2.05. The maximum absolute atomic E-state index is 12.1. The lowest BCUT2D eigenvalue weighted by molar-refractivity contribution is 0.237. The first kappa shape index (κ1) is 12.9. The molecule has 0 saturated carbocycles. The predicted molar refractivity (Wildman–Crippen MR) is 77.1 cm³/mol. The third-order valence-corrected chi connectivity index (χ3v) is 5.44. The monoisotopic (exact) mass is 280 g/mol. The van der Waals surface area contributed by atoms with Crippen LogP contribution >= 0.6 is 0 Å². The zero-order valence-electron chi connectivity index (χ0n) is 11.6. The Kier molecular flexibility index (Phi) is 2.87. The third-order valence-electron chi connectivity index (χ3n) is 4.26. The van der Waals surface area contributed by atoms with Gasteiger partial charge in [-0.1, -0.05) is 17.7 Å². The van der Waals surface area contributed by atoms with Gasteiger partial charge in [0.15, 0.2) is 0 Å². The van der Waals surface area contributed by atoms with Gasteiger partial charge in [0, 0.05) is 12.5 Å². The summed E-state index contributed by atoms with van der Waals surface area (Å²) in [5.74, 6) is 0.309. The lowest BCUT2D eigenvalue weighted by Crippen LogP contribution is -2.46. The van der Waals surface area contributed by atoms with Crippen LogP contribution < -0.4 is 4.31 Å². The molecule has 4 nitrogen and oxygen atoms in total. The van der Waals surface area contributed by atoms with E-state index in [2.05, 4.69) is 24.9 Å². The van der Waals surface area contributed by atoms with Gasteiger partial charge in [-0.3, -0.25) is 4.31 Å². The molecular formula is C14H20N2O2S. The Morgan fingerprint density at radius 1 is 1.32 bits per heavy atom. The fourth-order valence-corrected chi connectivity index (χ4v) is 4.73. The molecule has 104 valence electrons. The highest BCUT2D eigenvalue weighted by Crippen LogP contribution is 2.45. The number of hydrogen-bond donors (Lipinski definition) is 0. The lowest BCUT2D eigenvalue weighted by Gasteiger charge is -2.36. The van der Waals surface area contributed by atoms with E-state index in [1.54, 1.807) is 4.31 Å². The largest absolute Gasteiger partial charge is 0.306 e. The average Bonchev–Trinajstić information content (AvgIpc) is 2.62. The zero-order valence-corrected chi connectivity index (χ0v) is 12.4. The average molecular weight is 280 g/mol. The first-order valence-corrected chi connectivity index (χ1v) is 8.51. The molecule has 2 heterocycles. The van der Waals surface area contributed by atoms with Gasteiger partial charge >= 0.3 is 0 Å². The Balaban J connectivity index is 2.15. The van der Waals surface area contributed by atoms with Gasteiger partial charge in [-0.15, -0.1) is 0 Å². The van der Waals surface area contributed by atoms with Gasteiger partial charge in [-0.2, -0.15) is 0 Å². The molecule has 1 aromatic carbocycles. The SMILES string of the molecule is Cc1ccc2c(c1)[C@@H]1CN(C)CC[C@@H]1N2S(C)(=O)=O. The second kappa shape index (κ2) is 4.21. The summed E-state index contributed by atoms with van der Waals surface area (Å²) < 4.78 is 25.9. The standard InChI is InChI=1S/C14H20N2O2S/c1-10-4-5-13-11(8-10)12-9-15(2)7-6-14(12)16(13)19(3,17)18/h4-5,8,12,14H,6-7,9H2,1-3H3/t12-,14-/m0/s1. The van der Waals surface area contributed by atoms with Crippen LogP contribution in [0.3, 0.4) is 0 Å². The molecule has 0 N–H and O–H groups in total. The van der Waals surface area contributed by atoms with Crippen LogP contribution in [-0.2, 0) is 10.0 Å². The van der Waals surface area contributed by atoms with Gasteiger partial charge in [0.1, 0.15) is 0 Å². The van der Waals surface area contributed by atoms with Crippen molar-refractivity contribution in [2.75, 3.05) is 30.7 Å². The highest BCUT2D eigenvalue weighted by molar-refractivity contribution is 7.92. The summed E-state index contributed by atoms with van der Waals surface area (Å²) in [4.78, 5) is 2.29. The van der Waals surface area contributed by atoms with Gasteiger partial charge in [-0.05, 0) is 38.6 Å². The second-order valence-electron chi connectivity index (χ2n) is 5.85. The summed E-state index contributed by atoms with van der Waals surface area (Å²) in [6.07, 6.45) is 2.22. The van der Waals surface area contributed by atoms with E-state index >= 15 is 0 Å². The summed E-state index contributed by atoms with van der Waals surface area (Å²) in [7, 11) is -1.10. The molecule has 1 fully saturated rings. The van der Waals surface area contributed by atoms with Crippen LogP contribution in [0.15, 0.2) is 18.2 Å². The van der Waals surface area contributed by atoms with E-state index in [0.717, 1.165) is 25.2 Å². The summed E-state index contributed by atoms with van der Waals surface area (Å²) in [5, 5.41) is 0. The molecule has 0 spiro atoms. The van der Waals surface area contributed by atoms with Crippen molar-refractivity contribution in [3.8, 4) is 0 Å². The minimum Gasteiger partial charge on any atom is -0.306 e. The number of hydrogen-bond acceptors (Lipinski definition) is 3. The quantitative estimate of drug-likeness (QED) is 0.784. The van der Waals surface area contributed by atoms with Crippen molar-refractivity contribution in [1.82, 2.24) is 4.90 Å². The van der Waals surface area contributed by atoms with E-state index < -0.39 is 10.0 Å². The summed E-state index contributed by atoms with van der Waals surface area (Å²) in [5.41, 5.74) is 3.28. The summed E-state index contributed by atoms with van der Waals surface area (Å²) >= 11 is 0. The second-order valence-corrected chi connectivity index (χ2v) is 7.71. The van der Waals surface area contributed by atoms with E-state index in [-0.39, 0.29) is 6.04 Å². The molecular weight excluding hydrogens is 260 g/mol. The van der Waals surface area contributed by atoms with Crippen molar-refractivity contribution >= 4 is 15.7 Å². The molecule has 0 bridgehead atoms.